The Hall–Kier alpha value is -2.38. The normalized spacial score (nSPS) is 11.8. The molecule has 0 atom stereocenters. The summed E-state index contributed by atoms with van der Waals surface area (Å²) < 4.78 is 32.6. The number of hydrogen-bond donors (Lipinski definition) is 1. The maximum absolute atomic E-state index is 12.9. The molecule has 3 rings (SSSR count). The molecule has 0 saturated heterocycles. The summed E-state index contributed by atoms with van der Waals surface area (Å²) in [6.07, 6.45) is 6.78. The number of nitrogens with one attached hydrogen (secondary N) is 1. The van der Waals surface area contributed by atoms with Crippen molar-refractivity contribution in [3.8, 4) is 0 Å². The Morgan fingerprint density at radius 1 is 1.11 bits per heavy atom. The molecule has 0 aliphatic heterocycles. The minimum atomic E-state index is -3.57. The Bertz CT molecular complexity index is 1030. The average Bonchev–Trinajstić information content (AvgIpc) is 3.12. The molecule has 0 unspecified atom stereocenters. The molecule has 1 N–H and O–H groups in total. The average molecular weight is 388 g/mol. The third kappa shape index (κ3) is 4.31. The molecule has 7 heteroatoms. The molecule has 0 radical (unpaired) electrons. The van der Waals surface area contributed by atoms with Gasteiger partial charge in [0.15, 0.2) is 0 Å². The van der Waals surface area contributed by atoms with Crippen LogP contribution in [0.15, 0.2) is 60.0 Å². The molecule has 0 fully saturated rings. The summed E-state index contributed by atoms with van der Waals surface area (Å²) in [6.45, 7) is 4.19. The smallest absolute Gasteiger partial charge is 0.243 e. The quantitative estimate of drug-likeness (QED) is 0.477. The first-order chi connectivity index (χ1) is 12.9. The minimum absolute atomic E-state index is 0.327. The number of rotatable bonds is 8. The van der Waals surface area contributed by atoms with Crippen LogP contribution in [0.1, 0.15) is 13.3 Å². The van der Waals surface area contributed by atoms with Gasteiger partial charge in [0.05, 0.1) is 18.0 Å². The van der Waals surface area contributed by atoms with E-state index >= 15 is 0 Å². The topological polar surface area (TPSA) is 58.2 Å². The molecule has 27 heavy (non-hydrogen) atoms. The first kappa shape index (κ1) is 19.4. The molecule has 0 aliphatic rings. The second-order valence-corrected chi connectivity index (χ2v) is 8.49. The van der Waals surface area contributed by atoms with Gasteiger partial charge in [-0.1, -0.05) is 24.3 Å². The largest absolute Gasteiger partial charge is 0.377 e. The van der Waals surface area contributed by atoms with E-state index in [1.807, 2.05) is 62.0 Å². The molecule has 1 aromatic heterocycles. The van der Waals surface area contributed by atoms with Gasteiger partial charge < -0.3 is 4.90 Å². The number of nitrogens with zero attached hydrogens (tertiary/aromatic N) is 3. The van der Waals surface area contributed by atoms with E-state index in [1.54, 1.807) is 12.1 Å². The van der Waals surface area contributed by atoms with Crippen LogP contribution in [0.4, 0.5) is 5.69 Å². The van der Waals surface area contributed by atoms with Crippen LogP contribution in [0.2, 0.25) is 0 Å². The summed E-state index contributed by atoms with van der Waals surface area (Å²) >= 11 is 0. The zero-order valence-electron chi connectivity index (χ0n) is 16.1. The predicted octanol–water partition coefficient (Wildman–Crippen LogP) is 2.38. The SMILES string of the molecule is CCn1cc[n+](CCCNS(=O)(=O)c2cccc3c(N(C)C)cccc23)c1. The zero-order valence-corrected chi connectivity index (χ0v) is 16.9. The van der Waals surface area contributed by atoms with Gasteiger partial charge in [-0.05, 0) is 25.5 Å². The van der Waals surface area contributed by atoms with Crippen molar-refractivity contribution in [2.24, 2.45) is 0 Å². The van der Waals surface area contributed by atoms with E-state index in [9.17, 15) is 8.42 Å². The summed E-state index contributed by atoms with van der Waals surface area (Å²) in [7, 11) is 0.346. The molecular formula is C20H27N4O2S+. The van der Waals surface area contributed by atoms with Crippen molar-refractivity contribution in [3.63, 3.8) is 0 Å². The summed E-state index contributed by atoms with van der Waals surface area (Å²) in [4.78, 5) is 2.32. The van der Waals surface area contributed by atoms with Crippen LogP contribution in [0.25, 0.3) is 10.8 Å². The second-order valence-electron chi connectivity index (χ2n) is 6.76. The molecule has 144 valence electrons. The summed E-state index contributed by atoms with van der Waals surface area (Å²) in [5.74, 6) is 0. The standard InChI is InChI=1S/C20H27N4O2S/c1-4-23-14-15-24(16-23)13-7-12-21-27(25,26)20-11-6-8-17-18(20)9-5-10-19(17)22(2)3/h5-6,8-11,14-16,21H,4,7,12-13H2,1-3H3/q+1. The van der Waals surface area contributed by atoms with E-state index in [-0.39, 0.29) is 0 Å². The van der Waals surface area contributed by atoms with E-state index in [0.717, 1.165) is 36.0 Å². The van der Waals surface area contributed by atoms with Crippen LogP contribution in [-0.2, 0) is 23.1 Å². The number of aromatic nitrogens is 2. The van der Waals surface area contributed by atoms with Crippen LogP contribution in [0.3, 0.4) is 0 Å². The van der Waals surface area contributed by atoms with Gasteiger partial charge in [0, 0.05) is 37.1 Å². The van der Waals surface area contributed by atoms with Gasteiger partial charge in [-0.2, -0.15) is 0 Å². The van der Waals surface area contributed by atoms with Crippen LogP contribution in [-0.4, -0.2) is 33.6 Å². The number of benzene rings is 2. The fourth-order valence-corrected chi connectivity index (χ4v) is 4.49. The number of aryl methyl sites for hydroxylation is 2. The van der Waals surface area contributed by atoms with Gasteiger partial charge in [-0.3, -0.25) is 0 Å². The molecule has 0 aliphatic carbocycles. The van der Waals surface area contributed by atoms with Gasteiger partial charge in [0.25, 0.3) is 0 Å². The van der Waals surface area contributed by atoms with E-state index < -0.39 is 10.0 Å². The maximum atomic E-state index is 12.9. The van der Waals surface area contributed by atoms with Crippen molar-refractivity contribution in [2.45, 2.75) is 31.3 Å². The maximum Gasteiger partial charge on any atom is 0.243 e. The second kappa shape index (κ2) is 8.10. The molecule has 0 bridgehead atoms. The number of imidazole rings is 1. The molecule has 1 heterocycles. The molecule has 2 aromatic carbocycles. The van der Waals surface area contributed by atoms with Crippen molar-refractivity contribution in [2.75, 3.05) is 25.5 Å². The summed E-state index contributed by atoms with van der Waals surface area (Å²) in [5.41, 5.74) is 1.00. The number of hydrogen-bond acceptors (Lipinski definition) is 3. The molecule has 0 amide bonds. The van der Waals surface area contributed by atoms with E-state index in [0.29, 0.717) is 11.4 Å². The Balaban J connectivity index is 1.74. The highest BCUT2D eigenvalue weighted by Crippen LogP contribution is 2.29. The monoisotopic (exact) mass is 387 g/mol. The Morgan fingerprint density at radius 2 is 1.85 bits per heavy atom. The third-order valence-corrected chi connectivity index (χ3v) is 6.15. The number of fused-ring (bicyclic) bond motifs is 1. The van der Waals surface area contributed by atoms with Gasteiger partial charge in [0.1, 0.15) is 12.4 Å². The first-order valence-electron chi connectivity index (χ1n) is 9.16. The molecular weight excluding hydrogens is 360 g/mol. The zero-order chi connectivity index (χ0) is 19.4. The van der Waals surface area contributed by atoms with Crippen molar-refractivity contribution < 1.29 is 13.0 Å². The van der Waals surface area contributed by atoms with E-state index in [1.165, 1.54) is 0 Å². The van der Waals surface area contributed by atoms with Crippen molar-refractivity contribution in [3.05, 3.63) is 55.1 Å². The van der Waals surface area contributed by atoms with Gasteiger partial charge in [0.2, 0.25) is 16.4 Å². The van der Waals surface area contributed by atoms with Crippen molar-refractivity contribution >= 4 is 26.5 Å². The fourth-order valence-electron chi connectivity index (χ4n) is 3.19. The van der Waals surface area contributed by atoms with Gasteiger partial charge in [-0.15, -0.1) is 0 Å². The third-order valence-electron chi connectivity index (χ3n) is 4.63. The Morgan fingerprint density at radius 3 is 2.56 bits per heavy atom. The molecule has 3 aromatic rings. The highest BCUT2D eigenvalue weighted by molar-refractivity contribution is 7.89. The van der Waals surface area contributed by atoms with Crippen LogP contribution < -0.4 is 14.2 Å². The van der Waals surface area contributed by atoms with Crippen molar-refractivity contribution in [1.82, 2.24) is 9.29 Å². The van der Waals surface area contributed by atoms with Crippen molar-refractivity contribution in [1.29, 1.82) is 0 Å². The highest BCUT2D eigenvalue weighted by atomic mass is 32.2. The van der Waals surface area contributed by atoms with Crippen LogP contribution >= 0.6 is 0 Å². The van der Waals surface area contributed by atoms with Crippen LogP contribution in [0.5, 0.6) is 0 Å². The van der Waals surface area contributed by atoms with Gasteiger partial charge in [-0.25, -0.2) is 22.3 Å². The minimum Gasteiger partial charge on any atom is -0.377 e. The lowest BCUT2D eigenvalue weighted by Crippen LogP contribution is -2.34. The molecule has 0 saturated carbocycles. The Labute approximate surface area is 161 Å². The number of anilines is 1. The first-order valence-corrected chi connectivity index (χ1v) is 10.6. The lowest BCUT2D eigenvalue weighted by molar-refractivity contribution is -0.696. The molecule has 6 nitrogen and oxygen atoms in total. The lowest BCUT2D eigenvalue weighted by Gasteiger charge is -2.17. The molecule has 0 spiro atoms. The van der Waals surface area contributed by atoms with Crippen LogP contribution in [0, 0.1) is 0 Å². The van der Waals surface area contributed by atoms with E-state index in [2.05, 4.69) is 20.8 Å². The Kier molecular flexibility index (Phi) is 5.82. The summed E-state index contributed by atoms with van der Waals surface area (Å²) in [6, 6.07) is 11.2. The summed E-state index contributed by atoms with van der Waals surface area (Å²) in [5, 5.41) is 1.67. The van der Waals surface area contributed by atoms with Gasteiger partial charge >= 0.3 is 0 Å². The highest BCUT2D eigenvalue weighted by Gasteiger charge is 2.18. The number of sulfonamides is 1. The lowest BCUT2D eigenvalue weighted by atomic mass is 10.1. The fraction of sp³-hybridized carbons (Fsp3) is 0.350. The van der Waals surface area contributed by atoms with E-state index in [4.69, 9.17) is 0 Å². The predicted molar refractivity (Wildman–Crippen MR) is 108 cm³/mol.